The summed E-state index contributed by atoms with van der Waals surface area (Å²) in [7, 11) is 3.08. The molecular weight excluding hydrogens is 249 g/mol. The van der Waals surface area contributed by atoms with E-state index in [4.69, 9.17) is 0 Å². The standard InChI is InChI=1S/C14H18FNO3/c1-10(17)11-6-7-13(12(15)9-11)16(2)8-4-5-14(18)19-3/h6-7,9H,4-5,8H2,1-3H3. The first-order valence-electron chi connectivity index (χ1n) is 6.04. The van der Waals surface area contributed by atoms with Crippen LogP contribution >= 0.6 is 0 Å². The van der Waals surface area contributed by atoms with Gasteiger partial charge in [0.05, 0.1) is 12.8 Å². The number of hydrogen-bond acceptors (Lipinski definition) is 4. The molecule has 1 aromatic rings. The van der Waals surface area contributed by atoms with E-state index in [1.807, 2.05) is 0 Å². The van der Waals surface area contributed by atoms with E-state index in [0.717, 1.165) is 0 Å². The summed E-state index contributed by atoms with van der Waals surface area (Å²) in [4.78, 5) is 23.8. The van der Waals surface area contributed by atoms with E-state index in [9.17, 15) is 14.0 Å². The minimum Gasteiger partial charge on any atom is -0.469 e. The molecule has 0 fully saturated rings. The Kier molecular flexibility index (Phi) is 5.48. The van der Waals surface area contributed by atoms with Gasteiger partial charge < -0.3 is 9.64 Å². The molecule has 0 atom stereocenters. The van der Waals surface area contributed by atoms with Crippen molar-refractivity contribution in [2.45, 2.75) is 19.8 Å². The highest BCUT2D eigenvalue weighted by atomic mass is 19.1. The van der Waals surface area contributed by atoms with Gasteiger partial charge in [0.15, 0.2) is 5.78 Å². The Bertz CT molecular complexity index is 474. The summed E-state index contributed by atoms with van der Waals surface area (Å²) in [6, 6.07) is 4.40. The van der Waals surface area contributed by atoms with Gasteiger partial charge in [-0.2, -0.15) is 0 Å². The molecule has 104 valence electrons. The number of methoxy groups -OCH3 is 1. The Morgan fingerprint density at radius 2 is 2.05 bits per heavy atom. The van der Waals surface area contributed by atoms with E-state index in [1.54, 1.807) is 24.1 Å². The van der Waals surface area contributed by atoms with Gasteiger partial charge in [-0.15, -0.1) is 0 Å². The van der Waals surface area contributed by atoms with Gasteiger partial charge in [-0.1, -0.05) is 0 Å². The summed E-state index contributed by atoms with van der Waals surface area (Å²) in [5.41, 5.74) is 0.763. The van der Waals surface area contributed by atoms with Gasteiger partial charge in [-0.3, -0.25) is 9.59 Å². The quantitative estimate of drug-likeness (QED) is 0.586. The maximum absolute atomic E-state index is 13.8. The summed E-state index contributed by atoms with van der Waals surface area (Å²) in [5.74, 6) is -0.882. The fraction of sp³-hybridized carbons (Fsp3) is 0.429. The first-order chi connectivity index (χ1) is 8.95. The van der Waals surface area contributed by atoms with Crippen molar-refractivity contribution in [3.05, 3.63) is 29.6 Å². The number of esters is 1. The van der Waals surface area contributed by atoms with Gasteiger partial charge in [0.1, 0.15) is 5.82 Å². The zero-order chi connectivity index (χ0) is 14.4. The average molecular weight is 267 g/mol. The van der Waals surface area contributed by atoms with Crippen molar-refractivity contribution in [3.8, 4) is 0 Å². The van der Waals surface area contributed by atoms with Gasteiger partial charge in [-0.25, -0.2) is 4.39 Å². The van der Waals surface area contributed by atoms with Crippen LogP contribution in [0, 0.1) is 5.82 Å². The molecule has 5 heteroatoms. The molecule has 0 spiro atoms. The second kappa shape index (κ2) is 6.87. The fourth-order valence-corrected chi connectivity index (χ4v) is 1.72. The van der Waals surface area contributed by atoms with E-state index in [1.165, 1.54) is 20.1 Å². The Morgan fingerprint density at radius 3 is 2.58 bits per heavy atom. The van der Waals surface area contributed by atoms with E-state index >= 15 is 0 Å². The van der Waals surface area contributed by atoms with Crippen LogP contribution in [0.15, 0.2) is 18.2 Å². The summed E-state index contributed by atoms with van der Waals surface area (Å²) in [5, 5.41) is 0. The molecule has 4 nitrogen and oxygen atoms in total. The van der Waals surface area contributed by atoms with Crippen molar-refractivity contribution in [3.63, 3.8) is 0 Å². The Balaban J connectivity index is 2.64. The Labute approximate surface area is 112 Å². The minimum absolute atomic E-state index is 0.168. The van der Waals surface area contributed by atoms with Gasteiger partial charge in [0.25, 0.3) is 0 Å². The SMILES string of the molecule is COC(=O)CCCN(C)c1ccc(C(C)=O)cc1F. The molecule has 0 aliphatic heterocycles. The largest absolute Gasteiger partial charge is 0.469 e. The maximum atomic E-state index is 13.8. The highest BCUT2D eigenvalue weighted by molar-refractivity contribution is 5.94. The number of hydrogen-bond donors (Lipinski definition) is 0. The molecule has 0 aromatic heterocycles. The lowest BCUT2D eigenvalue weighted by molar-refractivity contribution is -0.140. The summed E-state index contributed by atoms with van der Waals surface area (Å²) in [6.07, 6.45) is 0.880. The molecule has 19 heavy (non-hydrogen) atoms. The van der Waals surface area contributed by atoms with Crippen LogP contribution in [0.2, 0.25) is 0 Å². The number of rotatable bonds is 6. The number of ketones is 1. The van der Waals surface area contributed by atoms with Crippen molar-refractivity contribution < 1.29 is 18.7 Å². The summed E-state index contributed by atoms with van der Waals surface area (Å²) >= 11 is 0. The predicted molar refractivity (Wildman–Crippen MR) is 70.9 cm³/mol. The topological polar surface area (TPSA) is 46.6 Å². The number of Topliss-reactive ketones (excluding diaryl/α,β-unsaturated/α-hetero) is 1. The normalized spacial score (nSPS) is 10.1. The third-order valence-electron chi connectivity index (χ3n) is 2.87. The van der Waals surface area contributed by atoms with Gasteiger partial charge in [-0.05, 0) is 31.5 Å². The molecule has 0 N–H and O–H groups in total. The lowest BCUT2D eigenvalue weighted by Gasteiger charge is -2.19. The van der Waals surface area contributed by atoms with Crippen LogP contribution in [-0.2, 0) is 9.53 Å². The molecule has 0 saturated heterocycles. The molecule has 1 aromatic carbocycles. The van der Waals surface area contributed by atoms with Gasteiger partial charge in [0.2, 0.25) is 0 Å². The number of nitrogens with zero attached hydrogens (tertiary/aromatic N) is 1. The van der Waals surface area contributed by atoms with Crippen molar-refractivity contribution in [2.75, 3.05) is 25.6 Å². The van der Waals surface area contributed by atoms with Gasteiger partial charge >= 0.3 is 5.97 Å². The van der Waals surface area contributed by atoms with E-state index in [0.29, 0.717) is 30.6 Å². The molecule has 0 aliphatic rings. The highest BCUT2D eigenvalue weighted by Crippen LogP contribution is 2.20. The predicted octanol–water partition coefficient (Wildman–Crippen LogP) is 2.42. The minimum atomic E-state index is -0.437. The second-order valence-electron chi connectivity index (χ2n) is 4.32. The monoisotopic (exact) mass is 267 g/mol. The van der Waals surface area contributed by atoms with Crippen molar-refractivity contribution in [1.82, 2.24) is 0 Å². The third kappa shape index (κ3) is 4.35. The first-order valence-corrected chi connectivity index (χ1v) is 6.04. The van der Waals surface area contributed by atoms with E-state index in [-0.39, 0.29) is 11.8 Å². The van der Waals surface area contributed by atoms with Gasteiger partial charge in [0, 0.05) is 25.6 Å². The number of carbonyl (C=O) groups excluding carboxylic acids is 2. The van der Waals surface area contributed by atoms with Crippen LogP contribution in [0.25, 0.3) is 0 Å². The van der Waals surface area contributed by atoms with Crippen LogP contribution in [0.1, 0.15) is 30.1 Å². The van der Waals surface area contributed by atoms with Crippen molar-refractivity contribution in [2.24, 2.45) is 0 Å². The lowest BCUT2D eigenvalue weighted by Crippen LogP contribution is -2.20. The number of benzene rings is 1. The molecule has 0 aliphatic carbocycles. The molecular formula is C14H18FNO3. The number of ether oxygens (including phenoxy) is 1. The van der Waals surface area contributed by atoms with Crippen molar-refractivity contribution in [1.29, 1.82) is 0 Å². The number of halogens is 1. The molecule has 0 saturated carbocycles. The molecule has 0 heterocycles. The molecule has 0 bridgehead atoms. The van der Waals surface area contributed by atoms with Crippen LogP contribution in [0.4, 0.5) is 10.1 Å². The smallest absolute Gasteiger partial charge is 0.305 e. The van der Waals surface area contributed by atoms with Crippen LogP contribution in [0.3, 0.4) is 0 Å². The average Bonchev–Trinajstić information content (AvgIpc) is 2.37. The lowest BCUT2D eigenvalue weighted by atomic mass is 10.1. The maximum Gasteiger partial charge on any atom is 0.305 e. The molecule has 0 amide bonds. The third-order valence-corrected chi connectivity index (χ3v) is 2.87. The van der Waals surface area contributed by atoms with Crippen molar-refractivity contribution >= 4 is 17.4 Å². The number of anilines is 1. The highest BCUT2D eigenvalue weighted by Gasteiger charge is 2.10. The zero-order valence-corrected chi connectivity index (χ0v) is 11.4. The Hall–Kier alpha value is -1.91. The van der Waals surface area contributed by atoms with E-state index in [2.05, 4.69) is 4.74 Å². The summed E-state index contributed by atoms with van der Waals surface area (Å²) < 4.78 is 18.4. The zero-order valence-electron chi connectivity index (χ0n) is 11.4. The van der Waals surface area contributed by atoms with Crippen LogP contribution < -0.4 is 4.90 Å². The molecule has 0 unspecified atom stereocenters. The fourth-order valence-electron chi connectivity index (χ4n) is 1.72. The molecule has 0 radical (unpaired) electrons. The summed E-state index contributed by atoms with van der Waals surface area (Å²) in [6.45, 7) is 1.93. The first kappa shape index (κ1) is 15.1. The number of carbonyl (C=O) groups is 2. The molecule has 1 rings (SSSR count). The Morgan fingerprint density at radius 1 is 1.37 bits per heavy atom. The van der Waals surface area contributed by atoms with Crippen LogP contribution in [0.5, 0.6) is 0 Å². The second-order valence-corrected chi connectivity index (χ2v) is 4.32. The van der Waals surface area contributed by atoms with E-state index < -0.39 is 5.82 Å². The van der Waals surface area contributed by atoms with Crippen LogP contribution in [-0.4, -0.2) is 32.5 Å².